The van der Waals surface area contributed by atoms with E-state index < -0.39 is 0 Å². The van der Waals surface area contributed by atoms with Crippen LogP contribution in [0, 0.1) is 0 Å². The molecular formula is C10H24N4OS. The minimum absolute atomic E-state index is 0.119. The van der Waals surface area contributed by atoms with Crippen LogP contribution < -0.4 is 16.6 Å². The van der Waals surface area contributed by atoms with Gasteiger partial charge in [-0.15, -0.1) is 0 Å². The zero-order valence-corrected chi connectivity index (χ0v) is 11.6. The third kappa shape index (κ3) is 6.92. The minimum Gasteiger partial charge on any atom is -0.383 e. The molecule has 0 aliphatic rings. The molecule has 0 aromatic rings. The molecule has 4 N–H and O–H groups in total. The highest BCUT2D eigenvalue weighted by molar-refractivity contribution is 7.99. The molecular weight excluding hydrogens is 224 g/mol. The third-order valence-corrected chi connectivity index (χ3v) is 3.34. The summed E-state index contributed by atoms with van der Waals surface area (Å²) >= 11 is 1.78. The first kappa shape index (κ1) is 15.5. The monoisotopic (exact) mass is 248 g/mol. The number of nitrogens with two attached hydrogens (primary N) is 1. The number of nitrogens with zero attached hydrogens (tertiary/aromatic N) is 1. The van der Waals surface area contributed by atoms with Gasteiger partial charge in [0.25, 0.3) is 0 Å². The third-order valence-electron chi connectivity index (χ3n) is 2.11. The first-order chi connectivity index (χ1) is 7.45. The highest BCUT2D eigenvalue weighted by Gasteiger charge is 2.15. The number of hydrogen-bond donors (Lipinski definition) is 3. The van der Waals surface area contributed by atoms with Crippen molar-refractivity contribution < 1.29 is 4.74 Å². The molecule has 0 fully saturated rings. The number of hydrogen-bond acceptors (Lipinski definition) is 4. The lowest BCUT2D eigenvalue weighted by molar-refractivity contribution is 0.179. The van der Waals surface area contributed by atoms with E-state index in [9.17, 15) is 0 Å². The summed E-state index contributed by atoms with van der Waals surface area (Å²) in [5, 5.41) is 3.14. The Morgan fingerprint density at radius 2 is 2.19 bits per heavy atom. The van der Waals surface area contributed by atoms with Crippen LogP contribution in [0.1, 0.15) is 20.8 Å². The van der Waals surface area contributed by atoms with Crippen molar-refractivity contribution in [1.82, 2.24) is 10.7 Å². The first-order valence-corrected chi connectivity index (χ1v) is 6.49. The van der Waals surface area contributed by atoms with Crippen LogP contribution in [0.2, 0.25) is 0 Å². The second-order valence-corrected chi connectivity index (χ2v) is 5.79. The molecule has 1 unspecified atom stereocenters. The summed E-state index contributed by atoms with van der Waals surface area (Å²) in [6, 6.07) is 0.178. The Balaban J connectivity index is 4.21. The highest BCUT2D eigenvalue weighted by Crippen LogP contribution is 2.20. The van der Waals surface area contributed by atoms with Crippen molar-refractivity contribution in [2.45, 2.75) is 31.6 Å². The summed E-state index contributed by atoms with van der Waals surface area (Å²) in [6.45, 7) is 7.63. The van der Waals surface area contributed by atoms with Gasteiger partial charge in [-0.1, -0.05) is 0 Å². The first-order valence-electron chi connectivity index (χ1n) is 5.27. The van der Waals surface area contributed by atoms with Gasteiger partial charge >= 0.3 is 0 Å². The molecule has 0 aromatic heterocycles. The second-order valence-electron chi connectivity index (χ2n) is 4.27. The van der Waals surface area contributed by atoms with Gasteiger partial charge in [-0.25, -0.2) is 5.84 Å². The molecule has 0 aliphatic carbocycles. The standard InChI is InChI=1S/C10H24N4OS/c1-8(6-15-4)13-9(14-11)12-7-10(2,3)16-5/h8H,6-7,11H2,1-5H3,(H2,12,13,14). The summed E-state index contributed by atoms with van der Waals surface area (Å²) in [4.78, 5) is 4.40. The number of rotatable bonds is 6. The number of methoxy groups -OCH3 is 1. The zero-order valence-electron chi connectivity index (χ0n) is 10.8. The van der Waals surface area contributed by atoms with Gasteiger partial charge in [-0.2, -0.15) is 11.8 Å². The SMILES string of the molecule is COCC(C)NC(=NCC(C)(C)SC)NN. The van der Waals surface area contributed by atoms with Gasteiger partial charge in [0.2, 0.25) is 5.96 Å². The lowest BCUT2D eigenvalue weighted by Gasteiger charge is -2.21. The van der Waals surface area contributed by atoms with E-state index >= 15 is 0 Å². The van der Waals surface area contributed by atoms with Gasteiger partial charge in [-0.05, 0) is 27.0 Å². The number of aliphatic imine (C=N–C) groups is 1. The molecule has 0 saturated heterocycles. The Morgan fingerprint density at radius 3 is 2.62 bits per heavy atom. The molecule has 0 saturated carbocycles. The van der Waals surface area contributed by atoms with E-state index in [1.165, 1.54) is 0 Å². The van der Waals surface area contributed by atoms with E-state index in [0.717, 1.165) is 0 Å². The van der Waals surface area contributed by atoms with Crippen LogP contribution in [0.25, 0.3) is 0 Å². The Labute approximate surface area is 103 Å². The van der Waals surface area contributed by atoms with Crippen molar-refractivity contribution >= 4 is 17.7 Å². The van der Waals surface area contributed by atoms with Gasteiger partial charge in [-0.3, -0.25) is 10.4 Å². The molecule has 0 spiro atoms. The van der Waals surface area contributed by atoms with Crippen LogP contribution in [0.3, 0.4) is 0 Å². The Morgan fingerprint density at radius 1 is 1.56 bits per heavy atom. The van der Waals surface area contributed by atoms with Crippen molar-refractivity contribution in [3.05, 3.63) is 0 Å². The molecule has 0 rings (SSSR count). The van der Waals surface area contributed by atoms with Crippen molar-refractivity contribution in [3.63, 3.8) is 0 Å². The van der Waals surface area contributed by atoms with E-state index in [4.69, 9.17) is 10.6 Å². The van der Waals surface area contributed by atoms with Crippen molar-refractivity contribution in [3.8, 4) is 0 Å². The minimum atomic E-state index is 0.119. The molecule has 0 aliphatic heterocycles. The number of thioether (sulfide) groups is 1. The maximum absolute atomic E-state index is 5.40. The summed E-state index contributed by atoms with van der Waals surface area (Å²) in [6.07, 6.45) is 2.08. The quantitative estimate of drug-likeness (QED) is 0.277. The van der Waals surface area contributed by atoms with Gasteiger partial charge in [0.1, 0.15) is 0 Å². The molecule has 0 radical (unpaired) electrons. The van der Waals surface area contributed by atoms with Gasteiger partial charge in [0.15, 0.2) is 0 Å². The van der Waals surface area contributed by atoms with Crippen LogP contribution in [0.5, 0.6) is 0 Å². The highest BCUT2D eigenvalue weighted by atomic mass is 32.2. The largest absolute Gasteiger partial charge is 0.383 e. The normalized spacial score (nSPS) is 14.8. The van der Waals surface area contributed by atoms with Gasteiger partial charge in [0, 0.05) is 17.9 Å². The summed E-state index contributed by atoms with van der Waals surface area (Å²) in [5.41, 5.74) is 2.56. The van der Waals surface area contributed by atoms with Gasteiger partial charge < -0.3 is 10.1 Å². The predicted octanol–water partition coefficient (Wildman–Crippen LogP) is 0.572. The molecule has 0 bridgehead atoms. The summed E-state index contributed by atoms with van der Waals surface area (Å²) in [7, 11) is 1.67. The predicted molar refractivity (Wildman–Crippen MR) is 71.7 cm³/mol. The lowest BCUT2D eigenvalue weighted by Crippen LogP contribution is -2.47. The van der Waals surface area contributed by atoms with Crippen LogP contribution in [0.4, 0.5) is 0 Å². The Bertz CT molecular complexity index is 221. The smallest absolute Gasteiger partial charge is 0.206 e. The molecule has 5 nitrogen and oxygen atoms in total. The van der Waals surface area contributed by atoms with E-state index in [0.29, 0.717) is 19.1 Å². The lowest BCUT2D eigenvalue weighted by atomic mass is 10.2. The van der Waals surface area contributed by atoms with Crippen LogP contribution in [-0.4, -0.2) is 43.3 Å². The maximum atomic E-state index is 5.40. The summed E-state index contributed by atoms with van der Waals surface area (Å²) in [5.74, 6) is 6.00. The Kier molecular flexibility index (Phi) is 7.53. The molecule has 0 heterocycles. The molecule has 0 amide bonds. The fraction of sp³-hybridized carbons (Fsp3) is 0.900. The molecule has 16 heavy (non-hydrogen) atoms. The van der Waals surface area contributed by atoms with E-state index in [1.54, 1.807) is 18.9 Å². The van der Waals surface area contributed by atoms with Crippen LogP contribution in [0.15, 0.2) is 4.99 Å². The Hall–Kier alpha value is -0.460. The van der Waals surface area contributed by atoms with Crippen LogP contribution >= 0.6 is 11.8 Å². The fourth-order valence-electron chi connectivity index (χ4n) is 0.992. The number of guanidine groups is 1. The van der Waals surface area contributed by atoms with E-state index in [2.05, 4.69) is 35.8 Å². The summed E-state index contributed by atoms with van der Waals surface area (Å²) < 4.78 is 5.14. The second kappa shape index (κ2) is 7.76. The van der Waals surface area contributed by atoms with Crippen LogP contribution in [-0.2, 0) is 4.74 Å². The van der Waals surface area contributed by atoms with Gasteiger partial charge in [0.05, 0.1) is 13.2 Å². The number of ether oxygens (including phenoxy) is 1. The zero-order chi connectivity index (χ0) is 12.6. The van der Waals surface area contributed by atoms with E-state index in [-0.39, 0.29) is 10.8 Å². The molecule has 1 atom stereocenters. The fourth-order valence-corrected chi connectivity index (χ4v) is 1.19. The van der Waals surface area contributed by atoms with Crippen molar-refractivity contribution in [2.75, 3.05) is 26.5 Å². The average Bonchev–Trinajstić information content (AvgIpc) is 2.24. The van der Waals surface area contributed by atoms with E-state index in [1.807, 2.05) is 6.92 Å². The van der Waals surface area contributed by atoms with Crippen molar-refractivity contribution in [1.29, 1.82) is 0 Å². The molecule has 0 aromatic carbocycles. The van der Waals surface area contributed by atoms with Crippen molar-refractivity contribution in [2.24, 2.45) is 10.8 Å². The maximum Gasteiger partial charge on any atom is 0.206 e. The number of hydrazine groups is 1. The molecule has 96 valence electrons. The number of nitrogens with one attached hydrogen (secondary N) is 2. The molecule has 6 heteroatoms. The topological polar surface area (TPSA) is 71.7 Å². The average molecular weight is 248 g/mol.